The van der Waals surface area contributed by atoms with E-state index in [1.165, 1.54) is 6.33 Å². The van der Waals surface area contributed by atoms with Gasteiger partial charge in [-0.15, -0.1) is 0 Å². The van der Waals surface area contributed by atoms with Gasteiger partial charge in [-0.2, -0.15) is 0 Å². The summed E-state index contributed by atoms with van der Waals surface area (Å²) in [5.41, 5.74) is 7.91. The van der Waals surface area contributed by atoms with Gasteiger partial charge in [-0.25, -0.2) is 9.97 Å². The Hall–Kier alpha value is -0.940. The lowest BCUT2D eigenvalue weighted by molar-refractivity contribution is 0.281. The maximum atomic E-state index is 6.03. The molecule has 2 rings (SSSR count). The van der Waals surface area contributed by atoms with E-state index in [-0.39, 0.29) is 6.04 Å². The van der Waals surface area contributed by atoms with Gasteiger partial charge in [-0.3, -0.25) is 0 Å². The Bertz CT molecular complexity index is 367. The topological polar surface area (TPSA) is 61.0 Å². The Morgan fingerprint density at radius 2 is 2.43 bits per heavy atom. The third kappa shape index (κ3) is 1.78. The average molecular weight is 256 g/mol. The summed E-state index contributed by atoms with van der Waals surface area (Å²) in [6.07, 6.45) is 5.78. The van der Waals surface area contributed by atoms with Crippen LogP contribution in [0.1, 0.15) is 18.2 Å². The second kappa shape index (κ2) is 4.06. The van der Waals surface area contributed by atoms with Crippen LogP contribution in [0.4, 0.5) is 0 Å². The minimum absolute atomic E-state index is 0.199. The standard InChI is InChI=1S/C9H10BrN3O/c10-7-3-12-5-13-9(7)8(11)6-1-2-14-4-6/h3-5,8H,1-2,11H2. The quantitative estimate of drug-likeness (QED) is 0.871. The fraction of sp³-hybridized carbons (Fsp3) is 0.333. The molecule has 0 aliphatic carbocycles. The maximum Gasteiger partial charge on any atom is 0.115 e. The molecule has 0 bridgehead atoms. The van der Waals surface area contributed by atoms with Crippen LogP contribution in [0.2, 0.25) is 0 Å². The Morgan fingerprint density at radius 1 is 1.57 bits per heavy atom. The van der Waals surface area contributed by atoms with E-state index >= 15 is 0 Å². The molecule has 4 nitrogen and oxygen atoms in total. The van der Waals surface area contributed by atoms with Crippen molar-refractivity contribution >= 4 is 15.9 Å². The lowest BCUT2D eigenvalue weighted by Gasteiger charge is -2.11. The second-order valence-electron chi connectivity index (χ2n) is 3.05. The Labute approximate surface area is 90.3 Å². The van der Waals surface area contributed by atoms with E-state index in [2.05, 4.69) is 25.9 Å². The molecule has 0 amide bonds. The molecule has 1 aliphatic heterocycles. The highest BCUT2D eigenvalue weighted by molar-refractivity contribution is 9.10. The van der Waals surface area contributed by atoms with Crippen LogP contribution in [0.25, 0.3) is 0 Å². The second-order valence-corrected chi connectivity index (χ2v) is 3.90. The molecule has 2 N–H and O–H groups in total. The fourth-order valence-electron chi connectivity index (χ4n) is 1.36. The minimum Gasteiger partial charge on any atom is -0.501 e. The van der Waals surface area contributed by atoms with E-state index in [0.717, 1.165) is 22.2 Å². The van der Waals surface area contributed by atoms with Gasteiger partial charge in [0.1, 0.15) is 6.33 Å². The summed E-state index contributed by atoms with van der Waals surface area (Å²) in [6, 6.07) is -0.199. The van der Waals surface area contributed by atoms with Crippen molar-refractivity contribution < 1.29 is 4.74 Å². The highest BCUT2D eigenvalue weighted by Gasteiger charge is 2.19. The summed E-state index contributed by atoms with van der Waals surface area (Å²) in [6.45, 7) is 0.714. The zero-order valence-corrected chi connectivity index (χ0v) is 9.07. The molecule has 0 spiro atoms. The van der Waals surface area contributed by atoms with E-state index in [1.54, 1.807) is 12.5 Å². The van der Waals surface area contributed by atoms with E-state index in [1.807, 2.05) is 0 Å². The first-order valence-corrected chi connectivity index (χ1v) is 5.10. The third-order valence-corrected chi connectivity index (χ3v) is 2.74. The van der Waals surface area contributed by atoms with Crippen molar-refractivity contribution in [3.63, 3.8) is 0 Å². The molecular formula is C9H10BrN3O. The molecule has 1 atom stereocenters. The van der Waals surface area contributed by atoms with E-state index in [0.29, 0.717) is 6.61 Å². The highest BCUT2D eigenvalue weighted by Crippen LogP contribution is 2.27. The lowest BCUT2D eigenvalue weighted by Crippen LogP contribution is -2.15. The van der Waals surface area contributed by atoms with Crippen LogP contribution < -0.4 is 5.73 Å². The molecule has 0 aromatic carbocycles. The van der Waals surface area contributed by atoms with Crippen LogP contribution in [0, 0.1) is 0 Å². The number of hydrogen-bond acceptors (Lipinski definition) is 4. The van der Waals surface area contributed by atoms with Crippen molar-refractivity contribution in [1.82, 2.24) is 9.97 Å². The minimum atomic E-state index is -0.199. The fourth-order valence-corrected chi connectivity index (χ4v) is 1.82. The van der Waals surface area contributed by atoms with Gasteiger partial charge in [0.2, 0.25) is 0 Å². The van der Waals surface area contributed by atoms with Crippen molar-refractivity contribution in [3.8, 4) is 0 Å². The van der Waals surface area contributed by atoms with Gasteiger partial charge in [0.15, 0.2) is 0 Å². The van der Waals surface area contributed by atoms with Gasteiger partial charge in [0.05, 0.1) is 29.1 Å². The molecule has 0 radical (unpaired) electrons. The number of rotatable bonds is 2. The molecule has 5 heteroatoms. The van der Waals surface area contributed by atoms with E-state index < -0.39 is 0 Å². The van der Waals surface area contributed by atoms with Crippen molar-refractivity contribution in [3.05, 3.63) is 34.5 Å². The molecule has 0 saturated carbocycles. The van der Waals surface area contributed by atoms with Gasteiger partial charge in [-0.05, 0) is 21.5 Å². The first-order chi connectivity index (χ1) is 6.79. The van der Waals surface area contributed by atoms with Crippen molar-refractivity contribution in [1.29, 1.82) is 0 Å². The number of nitrogens with zero attached hydrogens (tertiary/aromatic N) is 2. The molecule has 14 heavy (non-hydrogen) atoms. The summed E-state index contributed by atoms with van der Waals surface area (Å²) in [7, 11) is 0. The highest BCUT2D eigenvalue weighted by atomic mass is 79.9. The predicted octanol–water partition coefficient (Wildman–Crippen LogP) is 1.54. The monoisotopic (exact) mass is 255 g/mol. The van der Waals surface area contributed by atoms with E-state index in [4.69, 9.17) is 10.5 Å². The van der Waals surface area contributed by atoms with Gasteiger partial charge < -0.3 is 10.5 Å². The smallest absolute Gasteiger partial charge is 0.115 e. The first kappa shape index (κ1) is 9.61. The van der Waals surface area contributed by atoms with Gasteiger partial charge >= 0.3 is 0 Å². The number of aromatic nitrogens is 2. The van der Waals surface area contributed by atoms with Crippen LogP contribution in [-0.2, 0) is 4.74 Å². The van der Waals surface area contributed by atoms with Crippen molar-refractivity contribution in [2.24, 2.45) is 5.73 Å². The predicted molar refractivity (Wildman–Crippen MR) is 55.3 cm³/mol. The number of ether oxygens (including phenoxy) is 1. The van der Waals surface area contributed by atoms with Gasteiger partial charge in [0, 0.05) is 12.6 Å². The molecule has 1 aromatic rings. The zero-order valence-electron chi connectivity index (χ0n) is 7.48. The summed E-state index contributed by atoms with van der Waals surface area (Å²) >= 11 is 3.37. The van der Waals surface area contributed by atoms with Crippen LogP contribution in [0.5, 0.6) is 0 Å². The Morgan fingerprint density at radius 3 is 3.07 bits per heavy atom. The molecular weight excluding hydrogens is 246 g/mol. The van der Waals surface area contributed by atoms with Crippen LogP contribution in [-0.4, -0.2) is 16.6 Å². The molecule has 0 saturated heterocycles. The molecule has 74 valence electrons. The maximum absolute atomic E-state index is 6.03. The normalized spacial score (nSPS) is 17.4. The molecule has 1 aliphatic rings. The van der Waals surface area contributed by atoms with E-state index in [9.17, 15) is 0 Å². The number of hydrogen-bond donors (Lipinski definition) is 1. The third-order valence-electron chi connectivity index (χ3n) is 2.13. The summed E-state index contributed by atoms with van der Waals surface area (Å²) in [5, 5.41) is 0. The molecule has 1 unspecified atom stereocenters. The molecule has 1 aromatic heterocycles. The Balaban J connectivity index is 2.26. The van der Waals surface area contributed by atoms with Crippen LogP contribution in [0.3, 0.4) is 0 Å². The largest absolute Gasteiger partial charge is 0.501 e. The first-order valence-electron chi connectivity index (χ1n) is 4.30. The van der Waals surface area contributed by atoms with Crippen LogP contribution in [0.15, 0.2) is 28.8 Å². The molecule has 0 fully saturated rings. The SMILES string of the molecule is NC(C1=COCC1)c1ncncc1Br. The summed E-state index contributed by atoms with van der Waals surface area (Å²) in [5.74, 6) is 0. The number of nitrogens with two attached hydrogens (primary N) is 1. The lowest BCUT2D eigenvalue weighted by atomic mass is 10.0. The Kier molecular flexibility index (Phi) is 2.79. The van der Waals surface area contributed by atoms with Crippen molar-refractivity contribution in [2.45, 2.75) is 12.5 Å². The van der Waals surface area contributed by atoms with Crippen molar-refractivity contribution in [2.75, 3.05) is 6.61 Å². The van der Waals surface area contributed by atoms with Gasteiger partial charge in [-0.1, -0.05) is 0 Å². The molecule has 2 heterocycles. The van der Waals surface area contributed by atoms with Crippen LogP contribution >= 0.6 is 15.9 Å². The number of halogens is 1. The zero-order chi connectivity index (χ0) is 9.97. The van der Waals surface area contributed by atoms with Gasteiger partial charge in [0.25, 0.3) is 0 Å². The summed E-state index contributed by atoms with van der Waals surface area (Å²) in [4.78, 5) is 8.03. The summed E-state index contributed by atoms with van der Waals surface area (Å²) < 4.78 is 5.97. The average Bonchev–Trinajstić information content (AvgIpc) is 2.70.